The largest absolute Gasteiger partial charge is 0.496 e. The van der Waals surface area contributed by atoms with Gasteiger partial charge in [0.1, 0.15) is 5.75 Å². The molecule has 0 radical (unpaired) electrons. The number of carbonyl (C=O) groups excluding carboxylic acids is 1. The highest BCUT2D eigenvalue weighted by atomic mass is 79.9. The van der Waals surface area contributed by atoms with E-state index in [1.807, 2.05) is 30.0 Å². The quantitative estimate of drug-likeness (QED) is 0.919. The second-order valence-corrected chi connectivity index (χ2v) is 6.20. The standard InChI is InChI=1S/C13H16BrNO2S/c1-17-13-3-2-9(6-10(13)14)7-12(16)11-8-18-5-4-15-11/h2-3,6,11,15H,4-5,7-8H2,1H3. The number of thioether (sulfide) groups is 1. The van der Waals surface area contributed by atoms with Crippen molar-refractivity contribution in [2.45, 2.75) is 12.5 Å². The van der Waals surface area contributed by atoms with Crippen LogP contribution in [0.4, 0.5) is 0 Å². The molecule has 1 aromatic rings. The van der Waals surface area contributed by atoms with E-state index < -0.39 is 0 Å². The molecular weight excluding hydrogens is 314 g/mol. The van der Waals surface area contributed by atoms with E-state index in [2.05, 4.69) is 21.2 Å². The number of carbonyl (C=O) groups is 1. The molecule has 1 saturated heterocycles. The number of ether oxygens (including phenoxy) is 1. The average molecular weight is 330 g/mol. The third-order valence-corrected chi connectivity index (χ3v) is 4.59. The molecule has 0 saturated carbocycles. The predicted octanol–water partition coefficient (Wildman–Crippen LogP) is 2.27. The summed E-state index contributed by atoms with van der Waals surface area (Å²) in [6, 6.07) is 5.78. The van der Waals surface area contributed by atoms with Crippen LogP contribution in [0, 0.1) is 0 Å². The lowest BCUT2D eigenvalue weighted by Gasteiger charge is -2.21. The van der Waals surface area contributed by atoms with E-state index in [0.717, 1.165) is 33.8 Å². The van der Waals surface area contributed by atoms with Crippen LogP contribution >= 0.6 is 27.7 Å². The van der Waals surface area contributed by atoms with Crippen molar-refractivity contribution in [1.82, 2.24) is 5.32 Å². The van der Waals surface area contributed by atoms with Gasteiger partial charge in [-0.3, -0.25) is 4.79 Å². The Labute approximate surface area is 120 Å². The van der Waals surface area contributed by atoms with Gasteiger partial charge in [0.15, 0.2) is 5.78 Å². The Kier molecular flexibility index (Phi) is 5.09. The molecule has 1 aliphatic rings. The van der Waals surface area contributed by atoms with Crippen molar-refractivity contribution < 1.29 is 9.53 Å². The summed E-state index contributed by atoms with van der Waals surface area (Å²) in [7, 11) is 1.63. The first-order valence-corrected chi connectivity index (χ1v) is 7.81. The Morgan fingerprint density at radius 1 is 1.61 bits per heavy atom. The number of hydrogen-bond acceptors (Lipinski definition) is 4. The summed E-state index contributed by atoms with van der Waals surface area (Å²) < 4.78 is 6.06. The second kappa shape index (κ2) is 6.59. The van der Waals surface area contributed by atoms with Crippen LogP contribution in [-0.4, -0.2) is 37.0 Å². The molecule has 0 spiro atoms. The van der Waals surface area contributed by atoms with Gasteiger partial charge in [-0.15, -0.1) is 0 Å². The van der Waals surface area contributed by atoms with E-state index in [0.29, 0.717) is 6.42 Å². The lowest BCUT2D eigenvalue weighted by molar-refractivity contribution is -0.119. The summed E-state index contributed by atoms with van der Waals surface area (Å²) >= 11 is 5.28. The molecule has 5 heteroatoms. The zero-order valence-electron chi connectivity index (χ0n) is 10.2. The lowest BCUT2D eigenvalue weighted by atomic mass is 10.0. The van der Waals surface area contributed by atoms with Crippen LogP contribution < -0.4 is 10.1 Å². The van der Waals surface area contributed by atoms with Crippen molar-refractivity contribution >= 4 is 33.5 Å². The summed E-state index contributed by atoms with van der Waals surface area (Å²) in [6.45, 7) is 0.924. The van der Waals surface area contributed by atoms with E-state index in [4.69, 9.17) is 4.74 Å². The maximum absolute atomic E-state index is 12.1. The molecule has 1 unspecified atom stereocenters. The Morgan fingerprint density at radius 2 is 2.44 bits per heavy atom. The normalized spacial score (nSPS) is 19.6. The molecule has 0 bridgehead atoms. The highest BCUT2D eigenvalue weighted by Crippen LogP contribution is 2.26. The first-order chi connectivity index (χ1) is 8.70. The van der Waals surface area contributed by atoms with E-state index in [1.54, 1.807) is 7.11 Å². The fourth-order valence-corrected chi connectivity index (χ4v) is 3.47. The van der Waals surface area contributed by atoms with Crippen LogP contribution in [0.25, 0.3) is 0 Å². The van der Waals surface area contributed by atoms with Gasteiger partial charge < -0.3 is 10.1 Å². The van der Waals surface area contributed by atoms with Gasteiger partial charge in [0.2, 0.25) is 0 Å². The van der Waals surface area contributed by atoms with Gasteiger partial charge in [-0.05, 0) is 33.6 Å². The molecule has 18 heavy (non-hydrogen) atoms. The van der Waals surface area contributed by atoms with Gasteiger partial charge in [0, 0.05) is 24.5 Å². The number of ketones is 1. The molecule has 3 nitrogen and oxygen atoms in total. The van der Waals surface area contributed by atoms with Gasteiger partial charge in [0.25, 0.3) is 0 Å². The molecule has 1 aliphatic heterocycles. The number of methoxy groups -OCH3 is 1. The molecule has 1 N–H and O–H groups in total. The van der Waals surface area contributed by atoms with Gasteiger partial charge >= 0.3 is 0 Å². The van der Waals surface area contributed by atoms with Gasteiger partial charge in [-0.2, -0.15) is 11.8 Å². The lowest BCUT2D eigenvalue weighted by Crippen LogP contribution is -2.44. The van der Waals surface area contributed by atoms with Crippen molar-refractivity contribution in [2.75, 3.05) is 25.2 Å². The minimum Gasteiger partial charge on any atom is -0.496 e. The molecule has 0 aliphatic carbocycles. The maximum Gasteiger partial charge on any atom is 0.154 e. The Bertz CT molecular complexity index is 433. The van der Waals surface area contributed by atoms with Crippen LogP contribution in [0.5, 0.6) is 5.75 Å². The number of halogens is 1. The van der Waals surface area contributed by atoms with Crippen molar-refractivity contribution in [1.29, 1.82) is 0 Å². The first-order valence-electron chi connectivity index (χ1n) is 5.87. The summed E-state index contributed by atoms with van der Waals surface area (Å²) in [6.07, 6.45) is 0.473. The molecule has 98 valence electrons. The van der Waals surface area contributed by atoms with Crippen molar-refractivity contribution in [3.05, 3.63) is 28.2 Å². The molecule has 1 fully saturated rings. The number of benzene rings is 1. The Balaban J connectivity index is 2.00. The topological polar surface area (TPSA) is 38.3 Å². The van der Waals surface area contributed by atoms with E-state index >= 15 is 0 Å². The molecular formula is C13H16BrNO2S. The molecule has 2 rings (SSSR count). The molecule has 1 atom stereocenters. The average Bonchev–Trinajstić information content (AvgIpc) is 2.40. The SMILES string of the molecule is COc1ccc(CC(=O)C2CSCCN2)cc1Br. The predicted molar refractivity (Wildman–Crippen MR) is 78.5 cm³/mol. The van der Waals surface area contributed by atoms with Crippen LogP contribution in [0.3, 0.4) is 0 Å². The van der Waals surface area contributed by atoms with Crippen molar-refractivity contribution in [2.24, 2.45) is 0 Å². The molecule has 0 aromatic heterocycles. The fourth-order valence-electron chi connectivity index (χ4n) is 1.92. The summed E-state index contributed by atoms with van der Waals surface area (Å²) in [5, 5.41) is 3.27. The first kappa shape index (κ1) is 13.9. The second-order valence-electron chi connectivity index (χ2n) is 4.19. The summed E-state index contributed by atoms with van der Waals surface area (Å²) in [5.41, 5.74) is 1.02. The van der Waals surface area contributed by atoms with Crippen molar-refractivity contribution in [3.63, 3.8) is 0 Å². The molecule has 0 amide bonds. The monoisotopic (exact) mass is 329 g/mol. The summed E-state index contributed by atoms with van der Waals surface area (Å²) in [5.74, 6) is 3.03. The zero-order valence-corrected chi connectivity index (χ0v) is 12.6. The number of Topliss-reactive ketones (excluding diaryl/α,β-unsaturated/α-hetero) is 1. The maximum atomic E-state index is 12.1. The minimum absolute atomic E-state index is 0.00428. The van der Waals surface area contributed by atoms with Gasteiger partial charge in [-0.25, -0.2) is 0 Å². The fraction of sp³-hybridized carbons (Fsp3) is 0.462. The zero-order chi connectivity index (χ0) is 13.0. The van der Waals surface area contributed by atoms with Crippen LogP contribution in [0.2, 0.25) is 0 Å². The van der Waals surface area contributed by atoms with Gasteiger partial charge in [-0.1, -0.05) is 6.07 Å². The Morgan fingerprint density at radius 3 is 3.06 bits per heavy atom. The number of nitrogens with one attached hydrogen (secondary N) is 1. The summed E-state index contributed by atoms with van der Waals surface area (Å²) in [4.78, 5) is 12.1. The third kappa shape index (κ3) is 3.49. The molecule has 1 aromatic carbocycles. The third-order valence-electron chi connectivity index (χ3n) is 2.90. The minimum atomic E-state index is 0.00428. The number of hydrogen-bond donors (Lipinski definition) is 1. The Hall–Kier alpha value is -0.520. The molecule has 1 heterocycles. The van der Waals surface area contributed by atoms with Crippen molar-refractivity contribution in [3.8, 4) is 5.75 Å². The van der Waals surface area contributed by atoms with E-state index in [1.165, 1.54) is 0 Å². The van der Waals surface area contributed by atoms with Crippen LogP contribution in [0.1, 0.15) is 5.56 Å². The van der Waals surface area contributed by atoms with E-state index in [9.17, 15) is 4.79 Å². The van der Waals surface area contributed by atoms with E-state index in [-0.39, 0.29) is 11.8 Å². The smallest absolute Gasteiger partial charge is 0.154 e. The highest BCUT2D eigenvalue weighted by Gasteiger charge is 2.20. The van der Waals surface area contributed by atoms with Crippen LogP contribution in [-0.2, 0) is 11.2 Å². The number of rotatable bonds is 4. The highest BCUT2D eigenvalue weighted by molar-refractivity contribution is 9.10. The van der Waals surface area contributed by atoms with Gasteiger partial charge in [0.05, 0.1) is 17.6 Å². The van der Waals surface area contributed by atoms with Crippen LogP contribution in [0.15, 0.2) is 22.7 Å².